The maximum atomic E-state index is 12.1. The minimum absolute atomic E-state index is 0.0220. The van der Waals surface area contributed by atoms with Crippen LogP contribution in [-0.4, -0.2) is 26.6 Å². The van der Waals surface area contributed by atoms with Crippen LogP contribution in [0.3, 0.4) is 0 Å². The zero-order chi connectivity index (χ0) is 18.4. The Balaban J connectivity index is 1.58. The number of carbonyl (C=O) groups is 1. The fraction of sp³-hybridized carbons (Fsp3) is 0.200. The molecule has 0 saturated heterocycles. The van der Waals surface area contributed by atoms with Gasteiger partial charge in [-0.15, -0.1) is 0 Å². The molecule has 3 rings (SSSR count). The lowest BCUT2D eigenvalue weighted by Crippen LogP contribution is -2.24. The quantitative estimate of drug-likeness (QED) is 0.535. The summed E-state index contributed by atoms with van der Waals surface area (Å²) in [7, 11) is 0. The third kappa shape index (κ3) is 5.13. The number of pyridine rings is 1. The first-order valence-corrected chi connectivity index (χ1v) is 9.31. The summed E-state index contributed by atoms with van der Waals surface area (Å²) < 4.78 is 0. The van der Waals surface area contributed by atoms with Crippen molar-refractivity contribution < 1.29 is 4.79 Å². The predicted octanol–water partition coefficient (Wildman–Crippen LogP) is 3.56. The van der Waals surface area contributed by atoms with Crippen molar-refractivity contribution in [3.63, 3.8) is 0 Å². The monoisotopic (exact) mass is 364 g/mol. The van der Waals surface area contributed by atoms with Crippen LogP contribution in [0.4, 0.5) is 0 Å². The molecule has 1 aromatic carbocycles. The number of nitrogens with one attached hydrogen (secondary N) is 1. The Kier molecular flexibility index (Phi) is 5.96. The van der Waals surface area contributed by atoms with E-state index in [4.69, 9.17) is 0 Å². The summed E-state index contributed by atoms with van der Waals surface area (Å²) in [5, 5.41) is 3.70. The van der Waals surface area contributed by atoms with Crippen LogP contribution in [0.25, 0.3) is 11.4 Å². The van der Waals surface area contributed by atoms with Gasteiger partial charge < -0.3 is 5.32 Å². The Hall–Kier alpha value is -2.73. The molecule has 0 unspecified atom stereocenters. The van der Waals surface area contributed by atoms with Crippen LogP contribution in [-0.2, 0) is 11.3 Å². The summed E-state index contributed by atoms with van der Waals surface area (Å²) in [6.07, 6.45) is 1.73. The molecule has 2 aromatic heterocycles. The van der Waals surface area contributed by atoms with Gasteiger partial charge in [0.25, 0.3) is 0 Å². The van der Waals surface area contributed by atoms with Gasteiger partial charge in [-0.3, -0.25) is 9.78 Å². The van der Waals surface area contributed by atoms with Gasteiger partial charge in [-0.1, -0.05) is 47.7 Å². The van der Waals surface area contributed by atoms with Crippen LogP contribution in [0, 0.1) is 13.8 Å². The molecular weight excluding hydrogens is 344 g/mol. The molecule has 0 fully saturated rings. The van der Waals surface area contributed by atoms with E-state index in [1.165, 1.54) is 17.3 Å². The number of carbonyl (C=O) groups excluding carboxylic acids is 1. The second kappa shape index (κ2) is 8.58. The van der Waals surface area contributed by atoms with Crippen molar-refractivity contribution in [3.05, 3.63) is 71.7 Å². The van der Waals surface area contributed by atoms with Crippen molar-refractivity contribution in [1.82, 2.24) is 20.3 Å². The van der Waals surface area contributed by atoms with E-state index in [1.54, 1.807) is 6.20 Å². The number of hydrogen-bond acceptors (Lipinski definition) is 5. The van der Waals surface area contributed by atoms with Crippen molar-refractivity contribution in [2.24, 2.45) is 0 Å². The number of amides is 1. The lowest BCUT2D eigenvalue weighted by atomic mass is 10.1. The lowest BCUT2D eigenvalue weighted by Gasteiger charge is -2.07. The Bertz CT molecular complexity index is 882. The highest BCUT2D eigenvalue weighted by Crippen LogP contribution is 2.21. The first kappa shape index (κ1) is 18.1. The third-order valence-electron chi connectivity index (χ3n) is 3.70. The highest BCUT2D eigenvalue weighted by molar-refractivity contribution is 7.99. The molecule has 2 heterocycles. The molecular formula is C20H20N4OS. The van der Waals surface area contributed by atoms with Crippen molar-refractivity contribution in [3.8, 4) is 11.4 Å². The van der Waals surface area contributed by atoms with E-state index in [9.17, 15) is 4.79 Å². The van der Waals surface area contributed by atoms with Gasteiger partial charge in [-0.2, -0.15) is 0 Å². The van der Waals surface area contributed by atoms with Crippen molar-refractivity contribution in [1.29, 1.82) is 0 Å². The summed E-state index contributed by atoms with van der Waals surface area (Å²) in [5.74, 6) is 0.950. The second-order valence-corrected chi connectivity index (χ2v) is 6.90. The van der Waals surface area contributed by atoms with E-state index < -0.39 is 0 Å². The molecule has 0 spiro atoms. The number of aryl methyl sites for hydroxylation is 2. The summed E-state index contributed by atoms with van der Waals surface area (Å²) in [4.78, 5) is 25.3. The average Bonchev–Trinajstić information content (AvgIpc) is 2.66. The van der Waals surface area contributed by atoms with Crippen molar-refractivity contribution >= 4 is 17.7 Å². The van der Waals surface area contributed by atoms with Gasteiger partial charge in [0.05, 0.1) is 17.1 Å². The van der Waals surface area contributed by atoms with Gasteiger partial charge >= 0.3 is 0 Å². The smallest absolute Gasteiger partial charge is 0.230 e. The topological polar surface area (TPSA) is 67.8 Å². The van der Waals surface area contributed by atoms with Crippen LogP contribution in [0.15, 0.2) is 59.8 Å². The molecule has 6 heteroatoms. The van der Waals surface area contributed by atoms with Gasteiger partial charge in [-0.25, -0.2) is 9.97 Å². The van der Waals surface area contributed by atoms with E-state index >= 15 is 0 Å². The van der Waals surface area contributed by atoms with E-state index in [-0.39, 0.29) is 5.91 Å². The normalized spacial score (nSPS) is 10.5. The zero-order valence-electron chi connectivity index (χ0n) is 14.8. The third-order valence-corrected chi connectivity index (χ3v) is 4.61. The number of nitrogens with zero attached hydrogens (tertiary/aromatic N) is 3. The summed E-state index contributed by atoms with van der Waals surface area (Å²) in [6, 6.07) is 15.7. The molecule has 5 nitrogen and oxygen atoms in total. The largest absolute Gasteiger partial charge is 0.351 e. The van der Waals surface area contributed by atoms with Crippen LogP contribution < -0.4 is 5.32 Å². The molecule has 26 heavy (non-hydrogen) atoms. The van der Waals surface area contributed by atoms with E-state index in [1.807, 2.05) is 62.4 Å². The highest BCUT2D eigenvalue weighted by Gasteiger charge is 2.08. The molecule has 3 aromatic rings. The van der Waals surface area contributed by atoms with Gasteiger partial charge in [-0.05, 0) is 37.6 Å². The van der Waals surface area contributed by atoms with Crippen LogP contribution in [0.5, 0.6) is 0 Å². The van der Waals surface area contributed by atoms with Crippen LogP contribution in [0.2, 0.25) is 0 Å². The number of rotatable bonds is 6. The minimum atomic E-state index is -0.0220. The molecule has 0 radical (unpaired) electrons. The van der Waals surface area contributed by atoms with Gasteiger partial charge in [0.15, 0.2) is 0 Å². The minimum Gasteiger partial charge on any atom is -0.351 e. The molecule has 0 saturated carbocycles. The van der Waals surface area contributed by atoms with Crippen molar-refractivity contribution in [2.75, 3.05) is 5.75 Å². The molecule has 0 aliphatic carbocycles. The first-order chi connectivity index (χ1) is 12.6. The van der Waals surface area contributed by atoms with E-state index in [2.05, 4.69) is 20.3 Å². The number of benzene rings is 1. The van der Waals surface area contributed by atoms with Crippen LogP contribution in [0.1, 0.15) is 17.0 Å². The molecule has 0 aliphatic heterocycles. The summed E-state index contributed by atoms with van der Waals surface area (Å²) in [5.41, 5.74) is 3.85. The Morgan fingerprint density at radius 1 is 1.04 bits per heavy atom. The van der Waals surface area contributed by atoms with Gasteiger partial charge in [0.2, 0.25) is 5.91 Å². The molecule has 0 aliphatic rings. The maximum absolute atomic E-state index is 12.1. The molecule has 132 valence electrons. The van der Waals surface area contributed by atoms with Crippen molar-refractivity contribution in [2.45, 2.75) is 25.4 Å². The Morgan fingerprint density at radius 3 is 2.58 bits per heavy atom. The summed E-state index contributed by atoms with van der Waals surface area (Å²) >= 11 is 1.40. The second-order valence-electron chi connectivity index (χ2n) is 5.90. The number of hydrogen-bond donors (Lipinski definition) is 1. The standard InChI is InChI=1S/C20H20N4OS/c1-14-6-8-16(9-7-14)12-22-19(25)13-26-20-11-18(23-15(2)24-20)17-5-3-4-10-21-17/h3-11H,12-13H2,1-2H3,(H,22,25). The van der Waals surface area contributed by atoms with E-state index in [0.717, 1.165) is 22.0 Å². The number of thioether (sulfide) groups is 1. The maximum Gasteiger partial charge on any atom is 0.230 e. The molecule has 1 N–H and O–H groups in total. The van der Waals surface area contributed by atoms with E-state index in [0.29, 0.717) is 18.1 Å². The SMILES string of the molecule is Cc1ccc(CNC(=O)CSc2cc(-c3ccccn3)nc(C)n2)cc1. The Labute approximate surface area is 157 Å². The molecule has 1 amide bonds. The lowest BCUT2D eigenvalue weighted by molar-refractivity contribution is -0.118. The van der Waals surface area contributed by atoms with Gasteiger partial charge in [0.1, 0.15) is 10.9 Å². The number of aromatic nitrogens is 3. The average molecular weight is 364 g/mol. The zero-order valence-corrected chi connectivity index (χ0v) is 15.6. The predicted molar refractivity (Wildman–Crippen MR) is 104 cm³/mol. The fourth-order valence-electron chi connectivity index (χ4n) is 2.36. The Morgan fingerprint density at radius 2 is 1.85 bits per heavy atom. The molecule has 0 bridgehead atoms. The van der Waals surface area contributed by atoms with Gasteiger partial charge in [0, 0.05) is 12.7 Å². The summed E-state index contributed by atoms with van der Waals surface area (Å²) in [6.45, 7) is 4.41. The first-order valence-electron chi connectivity index (χ1n) is 8.32. The molecule has 0 atom stereocenters. The van der Waals surface area contributed by atoms with Crippen LogP contribution >= 0.6 is 11.8 Å². The highest BCUT2D eigenvalue weighted by atomic mass is 32.2. The fourth-order valence-corrected chi connectivity index (χ4v) is 3.13.